The highest BCUT2D eigenvalue weighted by molar-refractivity contribution is 7.07. The van der Waals surface area contributed by atoms with Gasteiger partial charge in [-0.25, -0.2) is 9.79 Å². The van der Waals surface area contributed by atoms with Crippen LogP contribution in [0.5, 0.6) is 11.5 Å². The molecule has 2 heterocycles. The van der Waals surface area contributed by atoms with E-state index in [9.17, 15) is 9.59 Å². The molecule has 0 spiro atoms. The van der Waals surface area contributed by atoms with Gasteiger partial charge in [-0.05, 0) is 61.1 Å². The fraction of sp³-hybridized carbons (Fsp3) is 0.367. The molecule has 0 unspecified atom stereocenters. The first-order valence-electron chi connectivity index (χ1n) is 12.7. The van der Waals surface area contributed by atoms with Crippen molar-refractivity contribution in [2.75, 3.05) is 20.3 Å². The highest BCUT2D eigenvalue weighted by atomic mass is 32.1. The first kappa shape index (κ1) is 27.4. The standard InChI is InChI=1S/C30H34N2O5S/c1-8-36-23-17-20(12-15-22(23)35-7)26-25(28(34)37-9-2)18(3)31-29-32(26)27(33)24(38-29)16-19-10-13-21(14-11-19)30(4,5)6/h10-17,26H,8-9H2,1-7H3/b24-16-/t26-/m0/s1. The van der Waals surface area contributed by atoms with Crippen LogP contribution in [-0.4, -0.2) is 30.9 Å². The lowest BCUT2D eigenvalue weighted by Gasteiger charge is -2.25. The van der Waals surface area contributed by atoms with Crippen molar-refractivity contribution in [1.82, 2.24) is 4.57 Å². The number of thiazole rings is 1. The van der Waals surface area contributed by atoms with Gasteiger partial charge in [0.25, 0.3) is 5.56 Å². The molecular formula is C30H34N2O5S. The molecule has 0 fully saturated rings. The number of nitrogens with zero attached hydrogens (tertiary/aromatic N) is 2. The normalized spacial score (nSPS) is 15.7. The summed E-state index contributed by atoms with van der Waals surface area (Å²) in [7, 11) is 1.57. The monoisotopic (exact) mass is 534 g/mol. The Bertz CT molecular complexity index is 1560. The van der Waals surface area contributed by atoms with E-state index in [-0.39, 0.29) is 17.6 Å². The van der Waals surface area contributed by atoms with Gasteiger partial charge >= 0.3 is 5.97 Å². The predicted octanol–water partition coefficient (Wildman–Crippen LogP) is 4.50. The van der Waals surface area contributed by atoms with E-state index < -0.39 is 12.0 Å². The van der Waals surface area contributed by atoms with E-state index >= 15 is 0 Å². The Morgan fingerprint density at radius 2 is 1.79 bits per heavy atom. The molecular weight excluding hydrogens is 500 g/mol. The minimum Gasteiger partial charge on any atom is -0.493 e. The third kappa shape index (κ3) is 5.31. The molecule has 38 heavy (non-hydrogen) atoms. The molecule has 4 rings (SSSR count). The molecule has 0 saturated heterocycles. The molecule has 1 aromatic heterocycles. The van der Waals surface area contributed by atoms with Crippen LogP contribution < -0.4 is 24.4 Å². The number of rotatable bonds is 7. The Morgan fingerprint density at radius 3 is 2.39 bits per heavy atom. The summed E-state index contributed by atoms with van der Waals surface area (Å²) in [4.78, 5) is 32.2. The molecule has 1 aliphatic rings. The summed E-state index contributed by atoms with van der Waals surface area (Å²) in [5.41, 5.74) is 3.50. The van der Waals surface area contributed by atoms with E-state index in [1.807, 2.05) is 37.3 Å². The summed E-state index contributed by atoms with van der Waals surface area (Å²) in [6.07, 6.45) is 1.87. The van der Waals surface area contributed by atoms with Gasteiger partial charge in [-0.3, -0.25) is 9.36 Å². The smallest absolute Gasteiger partial charge is 0.338 e. The van der Waals surface area contributed by atoms with Crippen molar-refractivity contribution in [2.24, 2.45) is 4.99 Å². The van der Waals surface area contributed by atoms with E-state index in [0.29, 0.717) is 44.3 Å². The lowest BCUT2D eigenvalue weighted by molar-refractivity contribution is -0.139. The summed E-state index contributed by atoms with van der Waals surface area (Å²) in [6, 6.07) is 12.9. The first-order valence-corrected chi connectivity index (χ1v) is 13.5. The largest absolute Gasteiger partial charge is 0.493 e. The van der Waals surface area contributed by atoms with Crippen LogP contribution in [0, 0.1) is 0 Å². The number of aromatic nitrogens is 1. The molecule has 8 heteroatoms. The number of carbonyl (C=O) groups excluding carboxylic acids is 1. The van der Waals surface area contributed by atoms with Crippen LogP contribution in [0.4, 0.5) is 0 Å². The Hall–Kier alpha value is -3.65. The average molecular weight is 535 g/mol. The number of hydrogen-bond donors (Lipinski definition) is 0. The van der Waals surface area contributed by atoms with Crippen molar-refractivity contribution in [3.8, 4) is 11.5 Å². The van der Waals surface area contributed by atoms with Gasteiger partial charge in [0.15, 0.2) is 16.3 Å². The van der Waals surface area contributed by atoms with E-state index in [2.05, 4.69) is 37.9 Å². The topological polar surface area (TPSA) is 79.1 Å². The summed E-state index contributed by atoms with van der Waals surface area (Å²) >= 11 is 1.30. The van der Waals surface area contributed by atoms with Crippen molar-refractivity contribution >= 4 is 23.4 Å². The summed E-state index contributed by atoms with van der Waals surface area (Å²) < 4.78 is 18.7. The van der Waals surface area contributed by atoms with Crippen molar-refractivity contribution < 1.29 is 19.0 Å². The number of ether oxygens (including phenoxy) is 3. The Kier molecular flexibility index (Phi) is 7.92. The number of esters is 1. The minimum atomic E-state index is -0.721. The number of hydrogen-bond acceptors (Lipinski definition) is 7. The van der Waals surface area contributed by atoms with Crippen LogP contribution in [0.1, 0.15) is 64.3 Å². The second-order valence-corrected chi connectivity index (χ2v) is 11.0. The lowest BCUT2D eigenvalue weighted by Crippen LogP contribution is -2.40. The van der Waals surface area contributed by atoms with Gasteiger partial charge in [0.1, 0.15) is 0 Å². The van der Waals surface area contributed by atoms with E-state index in [1.165, 1.54) is 16.9 Å². The SMILES string of the molecule is CCOC(=O)C1=C(C)N=c2s/c(=C\c3ccc(C(C)(C)C)cc3)c(=O)n2[C@H]1c1ccc(OC)c(OCC)c1. The van der Waals surface area contributed by atoms with Gasteiger partial charge in [0, 0.05) is 0 Å². The first-order chi connectivity index (χ1) is 18.1. The van der Waals surface area contributed by atoms with Gasteiger partial charge in [-0.2, -0.15) is 0 Å². The molecule has 0 aliphatic carbocycles. The highest BCUT2D eigenvalue weighted by Gasteiger charge is 2.34. The molecule has 0 bridgehead atoms. The molecule has 0 N–H and O–H groups in total. The van der Waals surface area contributed by atoms with Gasteiger partial charge in [0.2, 0.25) is 0 Å². The quantitative estimate of drug-likeness (QED) is 0.417. The highest BCUT2D eigenvalue weighted by Crippen LogP contribution is 2.36. The van der Waals surface area contributed by atoms with E-state index in [4.69, 9.17) is 14.2 Å². The fourth-order valence-corrected chi connectivity index (χ4v) is 5.52. The summed E-state index contributed by atoms with van der Waals surface area (Å²) in [6.45, 7) is 12.6. The van der Waals surface area contributed by atoms with Crippen LogP contribution in [0.3, 0.4) is 0 Å². The number of fused-ring (bicyclic) bond motifs is 1. The number of carbonyl (C=O) groups is 1. The van der Waals surface area contributed by atoms with E-state index in [0.717, 1.165) is 5.56 Å². The third-order valence-corrected chi connectivity index (χ3v) is 7.38. The Balaban J connectivity index is 1.91. The Labute approximate surface area is 226 Å². The van der Waals surface area contributed by atoms with Crippen LogP contribution >= 0.6 is 11.3 Å². The van der Waals surface area contributed by atoms with Crippen LogP contribution in [-0.2, 0) is 14.9 Å². The van der Waals surface area contributed by atoms with Crippen molar-refractivity contribution in [1.29, 1.82) is 0 Å². The molecule has 0 saturated carbocycles. The maximum absolute atomic E-state index is 13.8. The van der Waals surface area contributed by atoms with E-state index in [1.54, 1.807) is 31.6 Å². The van der Waals surface area contributed by atoms with Gasteiger partial charge in [-0.15, -0.1) is 0 Å². The zero-order valence-electron chi connectivity index (χ0n) is 23.0. The average Bonchev–Trinajstić information content (AvgIpc) is 3.17. The zero-order valence-corrected chi connectivity index (χ0v) is 23.8. The molecule has 0 radical (unpaired) electrons. The lowest BCUT2D eigenvalue weighted by atomic mass is 9.87. The molecule has 3 aromatic rings. The van der Waals surface area contributed by atoms with Crippen molar-refractivity contribution in [3.05, 3.63) is 90.1 Å². The Morgan fingerprint density at radius 1 is 1.08 bits per heavy atom. The van der Waals surface area contributed by atoms with Gasteiger partial charge < -0.3 is 14.2 Å². The second-order valence-electron chi connectivity index (χ2n) is 10.0. The fourth-order valence-electron chi connectivity index (χ4n) is 4.47. The summed E-state index contributed by atoms with van der Waals surface area (Å²) in [5, 5.41) is 0. The minimum absolute atomic E-state index is 0.0393. The molecule has 7 nitrogen and oxygen atoms in total. The molecule has 200 valence electrons. The van der Waals surface area contributed by atoms with Crippen molar-refractivity contribution in [3.63, 3.8) is 0 Å². The molecule has 0 amide bonds. The van der Waals surface area contributed by atoms with Gasteiger partial charge in [0.05, 0.1) is 42.2 Å². The van der Waals surface area contributed by atoms with Gasteiger partial charge in [-0.1, -0.05) is 62.4 Å². The number of benzene rings is 2. The molecule has 1 atom stereocenters. The molecule has 1 aliphatic heterocycles. The third-order valence-electron chi connectivity index (χ3n) is 6.39. The van der Waals surface area contributed by atoms with Crippen LogP contribution in [0.15, 0.2) is 63.5 Å². The number of methoxy groups -OCH3 is 1. The maximum atomic E-state index is 13.8. The summed E-state index contributed by atoms with van der Waals surface area (Å²) in [5.74, 6) is 0.603. The van der Waals surface area contributed by atoms with Crippen LogP contribution in [0.25, 0.3) is 6.08 Å². The number of allylic oxidation sites excluding steroid dienone is 1. The zero-order chi connectivity index (χ0) is 27.6. The second kappa shape index (κ2) is 11.0. The maximum Gasteiger partial charge on any atom is 0.338 e. The van der Waals surface area contributed by atoms with Crippen LogP contribution in [0.2, 0.25) is 0 Å². The van der Waals surface area contributed by atoms with Crippen molar-refractivity contribution in [2.45, 2.75) is 53.0 Å². The molecule has 2 aromatic carbocycles. The predicted molar refractivity (Wildman–Crippen MR) is 150 cm³/mol.